The SMILES string of the molecule is CCOc1ccc(N(C)C(=O)C(N)=O)cc1. The minimum absolute atomic E-state index is 0.579. The van der Waals surface area contributed by atoms with Gasteiger partial charge >= 0.3 is 11.8 Å². The van der Waals surface area contributed by atoms with Gasteiger partial charge in [-0.1, -0.05) is 0 Å². The van der Waals surface area contributed by atoms with Crippen molar-refractivity contribution in [3.05, 3.63) is 24.3 Å². The van der Waals surface area contributed by atoms with Crippen molar-refractivity contribution in [3.8, 4) is 5.75 Å². The van der Waals surface area contributed by atoms with Crippen molar-refractivity contribution < 1.29 is 14.3 Å². The van der Waals surface area contributed by atoms with E-state index in [1.807, 2.05) is 6.92 Å². The average Bonchev–Trinajstić information content (AvgIpc) is 2.28. The molecule has 0 atom stereocenters. The van der Waals surface area contributed by atoms with Gasteiger partial charge in [0.25, 0.3) is 0 Å². The van der Waals surface area contributed by atoms with Crippen LogP contribution in [0.5, 0.6) is 5.75 Å². The number of hydrogen-bond acceptors (Lipinski definition) is 3. The second-order valence-electron chi connectivity index (χ2n) is 3.16. The van der Waals surface area contributed by atoms with Crippen LogP contribution < -0.4 is 15.4 Å². The van der Waals surface area contributed by atoms with E-state index >= 15 is 0 Å². The van der Waals surface area contributed by atoms with Crippen LogP contribution in [0.2, 0.25) is 0 Å². The van der Waals surface area contributed by atoms with E-state index in [0.717, 1.165) is 0 Å². The lowest BCUT2D eigenvalue weighted by molar-refractivity contribution is -0.135. The molecule has 0 spiro atoms. The molecule has 5 heteroatoms. The van der Waals surface area contributed by atoms with E-state index < -0.39 is 11.8 Å². The zero-order valence-corrected chi connectivity index (χ0v) is 9.27. The fraction of sp³-hybridized carbons (Fsp3) is 0.273. The van der Waals surface area contributed by atoms with Crippen LogP contribution in [-0.2, 0) is 9.59 Å². The summed E-state index contributed by atoms with van der Waals surface area (Å²) in [6, 6.07) is 6.82. The largest absolute Gasteiger partial charge is 0.494 e. The van der Waals surface area contributed by atoms with E-state index in [1.54, 1.807) is 24.3 Å². The van der Waals surface area contributed by atoms with Crippen molar-refractivity contribution in [1.82, 2.24) is 0 Å². The average molecular weight is 222 g/mol. The lowest BCUT2D eigenvalue weighted by Crippen LogP contribution is -2.37. The van der Waals surface area contributed by atoms with Crippen LogP contribution in [0.15, 0.2) is 24.3 Å². The van der Waals surface area contributed by atoms with Crippen LogP contribution in [0.3, 0.4) is 0 Å². The predicted molar refractivity (Wildman–Crippen MR) is 60.2 cm³/mol. The third-order valence-corrected chi connectivity index (χ3v) is 2.05. The van der Waals surface area contributed by atoms with Gasteiger partial charge in [0, 0.05) is 12.7 Å². The minimum Gasteiger partial charge on any atom is -0.494 e. The van der Waals surface area contributed by atoms with Gasteiger partial charge in [0.1, 0.15) is 5.75 Å². The molecule has 86 valence electrons. The number of nitrogens with zero attached hydrogens (tertiary/aromatic N) is 1. The molecular formula is C11H14N2O3. The molecule has 1 aromatic rings. The topological polar surface area (TPSA) is 72.6 Å². The first-order valence-electron chi connectivity index (χ1n) is 4.86. The van der Waals surface area contributed by atoms with E-state index in [0.29, 0.717) is 18.0 Å². The van der Waals surface area contributed by atoms with Crippen molar-refractivity contribution in [3.63, 3.8) is 0 Å². The molecular weight excluding hydrogens is 208 g/mol. The second kappa shape index (κ2) is 5.16. The van der Waals surface area contributed by atoms with E-state index in [4.69, 9.17) is 10.5 Å². The molecule has 2 N–H and O–H groups in total. The van der Waals surface area contributed by atoms with Crippen LogP contribution in [0.1, 0.15) is 6.92 Å². The summed E-state index contributed by atoms with van der Waals surface area (Å²) in [5.74, 6) is -1.01. The highest BCUT2D eigenvalue weighted by Crippen LogP contribution is 2.18. The number of amides is 2. The van der Waals surface area contributed by atoms with E-state index in [-0.39, 0.29) is 0 Å². The molecule has 0 unspecified atom stereocenters. The quantitative estimate of drug-likeness (QED) is 0.758. The molecule has 0 aliphatic heterocycles. The molecule has 0 bridgehead atoms. The molecule has 0 fully saturated rings. The van der Waals surface area contributed by atoms with E-state index in [2.05, 4.69) is 0 Å². The minimum atomic E-state index is -0.976. The maximum atomic E-state index is 11.3. The number of ether oxygens (including phenoxy) is 1. The number of hydrogen-bond donors (Lipinski definition) is 1. The molecule has 1 rings (SSSR count). The lowest BCUT2D eigenvalue weighted by Gasteiger charge is -2.15. The second-order valence-corrected chi connectivity index (χ2v) is 3.16. The number of anilines is 1. The Labute approximate surface area is 93.8 Å². The molecule has 0 saturated heterocycles. The van der Waals surface area contributed by atoms with E-state index in [1.165, 1.54) is 11.9 Å². The number of primary amides is 1. The van der Waals surface area contributed by atoms with E-state index in [9.17, 15) is 9.59 Å². The van der Waals surface area contributed by atoms with Crippen molar-refractivity contribution in [2.24, 2.45) is 5.73 Å². The van der Waals surface area contributed by atoms with Gasteiger partial charge in [-0.25, -0.2) is 0 Å². The third kappa shape index (κ3) is 2.73. The van der Waals surface area contributed by atoms with Gasteiger partial charge in [0.05, 0.1) is 6.61 Å². The highest BCUT2D eigenvalue weighted by molar-refractivity contribution is 6.39. The van der Waals surface area contributed by atoms with Gasteiger partial charge in [-0.05, 0) is 31.2 Å². The number of carbonyl (C=O) groups excluding carboxylic acids is 2. The number of benzene rings is 1. The summed E-state index contributed by atoms with van der Waals surface area (Å²) in [6.45, 7) is 2.46. The van der Waals surface area contributed by atoms with Crippen LogP contribution >= 0.6 is 0 Å². The molecule has 0 saturated carbocycles. The van der Waals surface area contributed by atoms with Crippen LogP contribution in [0, 0.1) is 0 Å². The number of rotatable bonds is 3. The van der Waals surface area contributed by atoms with Gasteiger partial charge < -0.3 is 15.4 Å². The maximum absolute atomic E-state index is 11.3. The Morgan fingerprint density at radius 3 is 2.31 bits per heavy atom. The molecule has 0 aliphatic carbocycles. The van der Waals surface area contributed by atoms with Gasteiger partial charge in [-0.2, -0.15) is 0 Å². The summed E-state index contributed by atoms with van der Waals surface area (Å²) < 4.78 is 5.25. The lowest BCUT2D eigenvalue weighted by atomic mass is 10.2. The Morgan fingerprint density at radius 2 is 1.88 bits per heavy atom. The summed E-state index contributed by atoms with van der Waals surface area (Å²) in [6.07, 6.45) is 0. The number of likely N-dealkylation sites (N-methyl/N-ethyl adjacent to an activating group) is 1. The zero-order chi connectivity index (χ0) is 12.1. The zero-order valence-electron chi connectivity index (χ0n) is 9.27. The molecule has 1 aromatic carbocycles. The normalized spacial score (nSPS) is 9.62. The standard InChI is InChI=1S/C11H14N2O3/c1-3-16-9-6-4-8(5-7-9)13(2)11(15)10(12)14/h4-7H,3H2,1-2H3,(H2,12,14). The maximum Gasteiger partial charge on any atom is 0.315 e. The van der Waals surface area contributed by atoms with Crippen molar-refractivity contribution in [1.29, 1.82) is 0 Å². The van der Waals surface area contributed by atoms with Crippen LogP contribution in [-0.4, -0.2) is 25.5 Å². The number of nitrogens with two attached hydrogens (primary N) is 1. The van der Waals surface area contributed by atoms with Crippen LogP contribution in [0.4, 0.5) is 5.69 Å². The Balaban J connectivity index is 2.81. The third-order valence-electron chi connectivity index (χ3n) is 2.05. The molecule has 16 heavy (non-hydrogen) atoms. The highest BCUT2D eigenvalue weighted by atomic mass is 16.5. The molecule has 5 nitrogen and oxygen atoms in total. The molecule has 2 amide bonds. The van der Waals surface area contributed by atoms with Crippen molar-refractivity contribution in [2.45, 2.75) is 6.92 Å². The molecule has 0 radical (unpaired) electrons. The first-order valence-corrected chi connectivity index (χ1v) is 4.86. The summed E-state index contributed by atoms with van der Waals surface area (Å²) in [5, 5.41) is 0. The molecule has 0 aromatic heterocycles. The molecule has 0 heterocycles. The van der Waals surface area contributed by atoms with Crippen molar-refractivity contribution >= 4 is 17.5 Å². The van der Waals surface area contributed by atoms with Gasteiger partial charge in [0.15, 0.2) is 0 Å². The summed E-state index contributed by atoms with van der Waals surface area (Å²) in [4.78, 5) is 23.2. The fourth-order valence-electron chi connectivity index (χ4n) is 1.22. The smallest absolute Gasteiger partial charge is 0.315 e. The first kappa shape index (κ1) is 12.0. The molecule has 0 aliphatic rings. The monoisotopic (exact) mass is 222 g/mol. The first-order chi connectivity index (χ1) is 7.56. The summed E-state index contributed by atoms with van der Waals surface area (Å²) >= 11 is 0. The Hall–Kier alpha value is -2.04. The van der Waals surface area contributed by atoms with Crippen molar-refractivity contribution in [2.75, 3.05) is 18.6 Å². The van der Waals surface area contributed by atoms with Gasteiger partial charge in [0.2, 0.25) is 0 Å². The fourth-order valence-corrected chi connectivity index (χ4v) is 1.22. The summed E-state index contributed by atoms with van der Waals surface area (Å²) in [5.41, 5.74) is 5.49. The van der Waals surface area contributed by atoms with Gasteiger partial charge in [-0.3, -0.25) is 9.59 Å². The van der Waals surface area contributed by atoms with Gasteiger partial charge in [-0.15, -0.1) is 0 Å². The van der Waals surface area contributed by atoms with Crippen LogP contribution in [0.25, 0.3) is 0 Å². The Kier molecular flexibility index (Phi) is 3.88. The highest BCUT2D eigenvalue weighted by Gasteiger charge is 2.16. The summed E-state index contributed by atoms with van der Waals surface area (Å²) in [7, 11) is 1.49. The predicted octanol–water partition coefficient (Wildman–Crippen LogP) is 0.533. The number of carbonyl (C=O) groups is 2. The Morgan fingerprint density at radius 1 is 1.31 bits per heavy atom. The Bertz CT molecular complexity index is 387.